The highest BCUT2D eigenvalue weighted by Crippen LogP contribution is 2.23. The molecule has 2 N–H and O–H groups in total. The van der Waals surface area contributed by atoms with Crippen LogP contribution in [0.25, 0.3) is 0 Å². The molecule has 2 amide bonds. The molecule has 1 aliphatic carbocycles. The van der Waals surface area contributed by atoms with Gasteiger partial charge in [0.05, 0.1) is 5.56 Å². The number of carbonyl (C=O) groups is 3. The van der Waals surface area contributed by atoms with Gasteiger partial charge in [-0.3, -0.25) is 9.59 Å². The molecule has 130 valence electrons. The number of benzene rings is 1. The summed E-state index contributed by atoms with van der Waals surface area (Å²) in [5, 5.41) is 5.56. The molecular formula is C18H24N2O4. The van der Waals surface area contributed by atoms with E-state index in [1.54, 1.807) is 24.3 Å². The number of carbonyl (C=O) groups excluding carboxylic acids is 3. The van der Waals surface area contributed by atoms with Gasteiger partial charge in [0.25, 0.3) is 5.91 Å². The minimum atomic E-state index is -0.559. The fraction of sp³-hybridized carbons (Fsp3) is 0.500. The van der Waals surface area contributed by atoms with Crippen molar-refractivity contribution >= 4 is 23.5 Å². The summed E-state index contributed by atoms with van der Waals surface area (Å²) in [6.07, 6.45) is 4.42. The van der Waals surface area contributed by atoms with Crippen LogP contribution < -0.4 is 10.6 Å². The molecule has 1 fully saturated rings. The molecule has 0 bridgehead atoms. The first-order chi connectivity index (χ1) is 11.5. The first-order valence-corrected chi connectivity index (χ1v) is 8.30. The number of esters is 1. The molecule has 24 heavy (non-hydrogen) atoms. The maximum Gasteiger partial charge on any atom is 0.338 e. The number of nitrogens with one attached hydrogen (secondary N) is 2. The van der Waals surface area contributed by atoms with Crippen molar-refractivity contribution in [1.29, 1.82) is 0 Å². The van der Waals surface area contributed by atoms with Crippen LogP contribution in [-0.4, -0.2) is 30.4 Å². The average molecular weight is 332 g/mol. The van der Waals surface area contributed by atoms with Gasteiger partial charge in [0, 0.05) is 18.7 Å². The Hall–Kier alpha value is -2.37. The van der Waals surface area contributed by atoms with E-state index in [-0.39, 0.29) is 24.5 Å². The molecule has 0 saturated heterocycles. The number of amides is 2. The average Bonchev–Trinajstić information content (AvgIpc) is 2.55. The largest absolute Gasteiger partial charge is 0.452 e. The summed E-state index contributed by atoms with van der Waals surface area (Å²) in [5.74, 6) is -0.549. The Morgan fingerprint density at radius 3 is 2.42 bits per heavy atom. The topological polar surface area (TPSA) is 84.5 Å². The van der Waals surface area contributed by atoms with E-state index in [0.717, 1.165) is 19.3 Å². The molecule has 1 aromatic rings. The Kier molecular flexibility index (Phi) is 6.35. The highest BCUT2D eigenvalue weighted by atomic mass is 16.5. The monoisotopic (exact) mass is 332 g/mol. The van der Waals surface area contributed by atoms with Gasteiger partial charge < -0.3 is 15.4 Å². The lowest BCUT2D eigenvalue weighted by atomic mass is 9.86. The van der Waals surface area contributed by atoms with E-state index < -0.39 is 5.97 Å². The first-order valence-electron chi connectivity index (χ1n) is 8.30. The van der Waals surface area contributed by atoms with Crippen molar-refractivity contribution in [2.45, 2.75) is 45.6 Å². The van der Waals surface area contributed by atoms with E-state index in [0.29, 0.717) is 17.2 Å². The standard InChI is InChI=1S/C18H24N2O4/c1-12-5-3-4-6-16(12)20-17(22)11-24-18(23)14-7-9-15(10-8-14)19-13(2)21/h7-10,12,16H,3-6,11H2,1-2H3,(H,19,21)(H,20,22)/t12-,16-/m1/s1. The van der Waals surface area contributed by atoms with Gasteiger partial charge in [-0.25, -0.2) is 4.79 Å². The molecule has 0 unspecified atom stereocenters. The van der Waals surface area contributed by atoms with Crippen LogP contribution in [0.15, 0.2) is 24.3 Å². The predicted molar refractivity (Wildman–Crippen MR) is 90.6 cm³/mol. The molecule has 0 aromatic heterocycles. The number of hydrogen-bond donors (Lipinski definition) is 2. The number of ether oxygens (including phenoxy) is 1. The summed E-state index contributed by atoms with van der Waals surface area (Å²) < 4.78 is 5.05. The molecule has 0 spiro atoms. The third kappa shape index (κ3) is 5.37. The summed E-state index contributed by atoms with van der Waals surface area (Å²) in [4.78, 5) is 34.8. The minimum absolute atomic E-state index is 0.168. The molecule has 2 rings (SSSR count). The van der Waals surface area contributed by atoms with E-state index in [4.69, 9.17) is 4.74 Å². The summed E-state index contributed by atoms with van der Waals surface area (Å²) in [6, 6.07) is 6.49. The van der Waals surface area contributed by atoms with Crippen molar-refractivity contribution in [3.05, 3.63) is 29.8 Å². The Morgan fingerprint density at radius 1 is 1.12 bits per heavy atom. The lowest BCUT2D eigenvalue weighted by Gasteiger charge is -2.29. The molecule has 0 radical (unpaired) electrons. The van der Waals surface area contributed by atoms with Crippen molar-refractivity contribution in [2.75, 3.05) is 11.9 Å². The van der Waals surface area contributed by atoms with Crippen LogP contribution in [0.2, 0.25) is 0 Å². The van der Waals surface area contributed by atoms with E-state index in [1.165, 1.54) is 13.3 Å². The molecule has 1 saturated carbocycles. The number of hydrogen-bond acceptors (Lipinski definition) is 4. The molecule has 2 atom stereocenters. The summed E-state index contributed by atoms with van der Waals surface area (Å²) in [6.45, 7) is 3.26. The molecular weight excluding hydrogens is 308 g/mol. The van der Waals surface area contributed by atoms with Crippen molar-refractivity contribution in [3.63, 3.8) is 0 Å². The molecule has 0 aliphatic heterocycles. The minimum Gasteiger partial charge on any atom is -0.452 e. The normalized spacial score (nSPS) is 20.1. The van der Waals surface area contributed by atoms with Gasteiger partial charge in [-0.05, 0) is 43.0 Å². The van der Waals surface area contributed by atoms with Crippen molar-refractivity contribution in [2.24, 2.45) is 5.92 Å². The smallest absolute Gasteiger partial charge is 0.338 e. The van der Waals surface area contributed by atoms with Gasteiger partial charge in [-0.2, -0.15) is 0 Å². The van der Waals surface area contributed by atoms with Gasteiger partial charge in [0.1, 0.15) is 0 Å². The lowest BCUT2D eigenvalue weighted by Crippen LogP contribution is -2.42. The quantitative estimate of drug-likeness (QED) is 0.811. The highest BCUT2D eigenvalue weighted by Gasteiger charge is 2.23. The third-order valence-electron chi connectivity index (χ3n) is 4.23. The maximum atomic E-state index is 11.9. The molecule has 1 aromatic carbocycles. The van der Waals surface area contributed by atoms with Gasteiger partial charge in [-0.15, -0.1) is 0 Å². The van der Waals surface area contributed by atoms with E-state index >= 15 is 0 Å². The highest BCUT2D eigenvalue weighted by molar-refractivity contribution is 5.93. The molecule has 6 heteroatoms. The Balaban J connectivity index is 1.79. The Morgan fingerprint density at radius 2 is 1.79 bits per heavy atom. The zero-order valence-electron chi connectivity index (χ0n) is 14.1. The number of anilines is 1. The first kappa shape index (κ1) is 18.0. The van der Waals surface area contributed by atoms with E-state index in [2.05, 4.69) is 17.6 Å². The van der Waals surface area contributed by atoms with Crippen molar-refractivity contribution < 1.29 is 19.1 Å². The summed E-state index contributed by atoms with van der Waals surface area (Å²) in [5.41, 5.74) is 0.936. The fourth-order valence-electron chi connectivity index (χ4n) is 2.89. The van der Waals surface area contributed by atoms with Gasteiger partial charge in [-0.1, -0.05) is 19.8 Å². The van der Waals surface area contributed by atoms with Crippen molar-refractivity contribution in [1.82, 2.24) is 5.32 Å². The van der Waals surface area contributed by atoms with Crippen LogP contribution in [0, 0.1) is 5.92 Å². The number of rotatable bonds is 5. The van der Waals surface area contributed by atoms with Gasteiger partial charge >= 0.3 is 5.97 Å². The van der Waals surface area contributed by atoms with Crippen LogP contribution >= 0.6 is 0 Å². The van der Waals surface area contributed by atoms with Crippen LogP contribution in [0.4, 0.5) is 5.69 Å². The second-order valence-corrected chi connectivity index (χ2v) is 6.27. The van der Waals surface area contributed by atoms with Crippen LogP contribution in [0.3, 0.4) is 0 Å². The lowest BCUT2D eigenvalue weighted by molar-refractivity contribution is -0.125. The zero-order chi connectivity index (χ0) is 17.5. The van der Waals surface area contributed by atoms with E-state index in [1.807, 2.05) is 0 Å². The third-order valence-corrected chi connectivity index (χ3v) is 4.23. The maximum absolute atomic E-state index is 11.9. The zero-order valence-corrected chi connectivity index (χ0v) is 14.1. The summed E-state index contributed by atoms with van der Waals surface area (Å²) >= 11 is 0. The molecule has 0 heterocycles. The Bertz CT molecular complexity index is 598. The Labute approximate surface area is 142 Å². The molecule has 1 aliphatic rings. The van der Waals surface area contributed by atoms with Crippen molar-refractivity contribution in [3.8, 4) is 0 Å². The van der Waals surface area contributed by atoms with Crippen LogP contribution in [0.5, 0.6) is 0 Å². The second-order valence-electron chi connectivity index (χ2n) is 6.27. The fourth-order valence-corrected chi connectivity index (χ4v) is 2.89. The second kappa shape index (κ2) is 8.47. The predicted octanol–water partition coefficient (Wildman–Crippen LogP) is 2.50. The van der Waals surface area contributed by atoms with Crippen LogP contribution in [-0.2, 0) is 14.3 Å². The molecule has 6 nitrogen and oxygen atoms in total. The van der Waals surface area contributed by atoms with Crippen LogP contribution in [0.1, 0.15) is 49.9 Å². The SMILES string of the molecule is CC(=O)Nc1ccc(C(=O)OCC(=O)N[C@@H]2CCCC[C@H]2C)cc1. The summed E-state index contributed by atoms with van der Waals surface area (Å²) in [7, 11) is 0. The van der Waals surface area contributed by atoms with Gasteiger partial charge in [0.2, 0.25) is 5.91 Å². The van der Waals surface area contributed by atoms with Gasteiger partial charge in [0.15, 0.2) is 6.61 Å². The van der Waals surface area contributed by atoms with E-state index in [9.17, 15) is 14.4 Å².